The van der Waals surface area contributed by atoms with Crippen LogP contribution in [-0.4, -0.2) is 41.3 Å². The second-order valence-corrected chi connectivity index (χ2v) is 9.65. The summed E-state index contributed by atoms with van der Waals surface area (Å²) >= 11 is 0. The molecule has 35 heavy (non-hydrogen) atoms. The summed E-state index contributed by atoms with van der Waals surface area (Å²) in [5.74, 6) is -1.33. The van der Waals surface area contributed by atoms with Gasteiger partial charge in [-0.3, -0.25) is 9.59 Å². The van der Waals surface area contributed by atoms with Gasteiger partial charge in [0.15, 0.2) is 0 Å². The van der Waals surface area contributed by atoms with Crippen molar-refractivity contribution < 1.29 is 24.2 Å². The quantitative estimate of drug-likeness (QED) is 0.471. The molecule has 2 aromatic carbocycles. The van der Waals surface area contributed by atoms with Crippen LogP contribution in [-0.2, 0) is 14.3 Å². The molecule has 1 fully saturated rings. The third kappa shape index (κ3) is 5.50. The number of hydrogen-bond acceptors (Lipinski definition) is 4. The van der Waals surface area contributed by atoms with E-state index in [4.69, 9.17) is 4.74 Å². The van der Waals surface area contributed by atoms with E-state index in [1.807, 2.05) is 31.2 Å². The van der Waals surface area contributed by atoms with E-state index in [1.54, 1.807) is 0 Å². The van der Waals surface area contributed by atoms with E-state index in [0.717, 1.165) is 47.9 Å². The van der Waals surface area contributed by atoms with E-state index < -0.39 is 23.6 Å². The Balaban J connectivity index is 1.45. The van der Waals surface area contributed by atoms with Crippen molar-refractivity contribution in [1.82, 2.24) is 10.6 Å². The Kier molecular flexibility index (Phi) is 7.73. The number of rotatable bonds is 9. The molecular weight excluding hydrogens is 444 g/mol. The van der Waals surface area contributed by atoms with Crippen LogP contribution >= 0.6 is 0 Å². The lowest BCUT2D eigenvalue weighted by molar-refractivity contribution is -0.138. The lowest BCUT2D eigenvalue weighted by Gasteiger charge is -2.37. The lowest BCUT2D eigenvalue weighted by Crippen LogP contribution is -2.61. The fourth-order valence-electron chi connectivity index (χ4n) is 5.50. The number of aliphatic carboxylic acids is 1. The van der Waals surface area contributed by atoms with E-state index in [2.05, 4.69) is 34.9 Å². The number of hydrogen-bond donors (Lipinski definition) is 3. The Morgan fingerprint density at radius 3 is 2.17 bits per heavy atom. The number of alkyl carbamates (subject to hydrolysis) is 1. The zero-order chi connectivity index (χ0) is 24.8. The van der Waals surface area contributed by atoms with Crippen LogP contribution in [0.3, 0.4) is 0 Å². The Morgan fingerprint density at radius 1 is 1.00 bits per heavy atom. The average molecular weight is 479 g/mol. The normalized spacial score (nSPS) is 17.1. The number of carboxylic acids is 1. The SMILES string of the molecule is CCCC(CC(=O)O)NC(=O)C1(NC(=O)OCC2c3ccccc3-c3ccccc32)CCCCC1. The van der Waals surface area contributed by atoms with E-state index in [-0.39, 0.29) is 24.9 Å². The minimum atomic E-state index is -1.08. The number of amides is 2. The Labute approximate surface area is 206 Å². The molecule has 0 saturated heterocycles. The highest BCUT2D eigenvalue weighted by Gasteiger charge is 2.42. The van der Waals surface area contributed by atoms with Crippen LogP contribution in [0.15, 0.2) is 48.5 Å². The first-order valence-electron chi connectivity index (χ1n) is 12.6. The minimum Gasteiger partial charge on any atom is -0.481 e. The number of carbonyl (C=O) groups excluding carboxylic acids is 2. The van der Waals surface area contributed by atoms with Crippen molar-refractivity contribution in [2.75, 3.05) is 6.61 Å². The van der Waals surface area contributed by atoms with Crippen molar-refractivity contribution in [2.45, 2.75) is 75.8 Å². The highest BCUT2D eigenvalue weighted by Crippen LogP contribution is 2.44. The molecule has 1 unspecified atom stereocenters. The van der Waals surface area contributed by atoms with Crippen molar-refractivity contribution in [1.29, 1.82) is 0 Å². The van der Waals surface area contributed by atoms with Crippen molar-refractivity contribution in [3.05, 3.63) is 59.7 Å². The summed E-state index contributed by atoms with van der Waals surface area (Å²) < 4.78 is 5.71. The molecule has 0 aliphatic heterocycles. The summed E-state index contributed by atoms with van der Waals surface area (Å²) in [6.07, 6.45) is 4.21. The molecule has 2 aliphatic rings. The smallest absolute Gasteiger partial charge is 0.408 e. The van der Waals surface area contributed by atoms with E-state index in [1.165, 1.54) is 0 Å². The second kappa shape index (κ2) is 10.9. The largest absolute Gasteiger partial charge is 0.481 e. The van der Waals surface area contributed by atoms with Gasteiger partial charge in [0.2, 0.25) is 5.91 Å². The van der Waals surface area contributed by atoms with Gasteiger partial charge in [-0.1, -0.05) is 81.1 Å². The molecule has 0 spiro atoms. The number of carboxylic acid groups (broad SMARTS) is 1. The first-order valence-corrected chi connectivity index (χ1v) is 12.6. The van der Waals surface area contributed by atoms with Crippen LogP contribution in [0.5, 0.6) is 0 Å². The van der Waals surface area contributed by atoms with Gasteiger partial charge in [-0.05, 0) is 41.5 Å². The van der Waals surface area contributed by atoms with Crippen molar-refractivity contribution >= 4 is 18.0 Å². The standard InChI is InChI=1S/C28H34N2O5/c1-2-10-19(17-25(31)32)29-26(33)28(15-8-3-9-16-28)30-27(34)35-18-24-22-13-6-4-11-20(22)21-12-5-7-14-23(21)24/h4-7,11-14,19,24H,2-3,8-10,15-18H2,1H3,(H,29,33)(H,30,34)(H,31,32). The number of nitrogens with one attached hydrogen (secondary N) is 2. The van der Waals surface area contributed by atoms with Crippen LogP contribution in [0.25, 0.3) is 11.1 Å². The molecule has 2 amide bonds. The average Bonchev–Trinajstić information content (AvgIpc) is 3.17. The maximum absolute atomic E-state index is 13.3. The first-order chi connectivity index (χ1) is 16.9. The number of benzene rings is 2. The van der Waals surface area contributed by atoms with Gasteiger partial charge in [-0.2, -0.15) is 0 Å². The number of carbonyl (C=O) groups is 3. The summed E-state index contributed by atoms with van der Waals surface area (Å²) in [5, 5.41) is 15.0. The minimum absolute atomic E-state index is 0.0613. The molecule has 0 aromatic heterocycles. The fourth-order valence-corrected chi connectivity index (χ4v) is 5.50. The van der Waals surface area contributed by atoms with Gasteiger partial charge >= 0.3 is 12.1 Å². The van der Waals surface area contributed by atoms with Gasteiger partial charge in [-0.25, -0.2) is 4.79 Å². The summed E-state index contributed by atoms with van der Waals surface area (Å²) in [5.41, 5.74) is 3.48. The van der Waals surface area contributed by atoms with Gasteiger partial charge in [0.25, 0.3) is 0 Å². The van der Waals surface area contributed by atoms with Crippen LogP contribution in [0.1, 0.15) is 75.3 Å². The summed E-state index contributed by atoms with van der Waals surface area (Å²) in [6.45, 7) is 2.13. The van der Waals surface area contributed by atoms with Crippen LogP contribution < -0.4 is 10.6 Å². The van der Waals surface area contributed by atoms with E-state index in [0.29, 0.717) is 19.3 Å². The summed E-state index contributed by atoms with van der Waals surface area (Å²) in [7, 11) is 0. The predicted molar refractivity (Wildman–Crippen MR) is 133 cm³/mol. The Hall–Kier alpha value is -3.35. The van der Waals surface area contributed by atoms with Crippen molar-refractivity contribution in [3.63, 3.8) is 0 Å². The summed E-state index contributed by atoms with van der Waals surface area (Å²) in [4.78, 5) is 37.6. The molecular formula is C28H34N2O5. The fraction of sp³-hybridized carbons (Fsp3) is 0.464. The summed E-state index contributed by atoms with van der Waals surface area (Å²) in [6, 6.07) is 15.8. The number of fused-ring (bicyclic) bond motifs is 3. The molecule has 0 bridgehead atoms. The molecule has 1 atom stereocenters. The first kappa shape index (κ1) is 24.8. The molecule has 3 N–H and O–H groups in total. The highest BCUT2D eigenvalue weighted by molar-refractivity contribution is 5.90. The number of ether oxygens (including phenoxy) is 1. The highest BCUT2D eigenvalue weighted by atomic mass is 16.5. The van der Waals surface area contributed by atoms with Crippen LogP contribution in [0.2, 0.25) is 0 Å². The van der Waals surface area contributed by atoms with Gasteiger partial charge in [0.05, 0.1) is 6.42 Å². The van der Waals surface area contributed by atoms with Gasteiger partial charge < -0.3 is 20.5 Å². The maximum atomic E-state index is 13.3. The van der Waals surface area contributed by atoms with Gasteiger partial charge in [-0.15, -0.1) is 0 Å². The molecule has 0 radical (unpaired) electrons. The Bertz CT molecular complexity index is 1030. The molecule has 2 aliphatic carbocycles. The topological polar surface area (TPSA) is 105 Å². The molecule has 4 rings (SSSR count). The van der Waals surface area contributed by atoms with Gasteiger partial charge in [0, 0.05) is 12.0 Å². The maximum Gasteiger partial charge on any atom is 0.408 e. The van der Waals surface area contributed by atoms with Crippen LogP contribution in [0.4, 0.5) is 4.79 Å². The van der Waals surface area contributed by atoms with Crippen molar-refractivity contribution in [2.24, 2.45) is 0 Å². The van der Waals surface area contributed by atoms with E-state index in [9.17, 15) is 19.5 Å². The molecule has 0 heterocycles. The third-order valence-electron chi connectivity index (χ3n) is 7.22. The molecule has 1 saturated carbocycles. The molecule has 7 nitrogen and oxygen atoms in total. The molecule has 186 valence electrons. The van der Waals surface area contributed by atoms with Gasteiger partial charge in [0.1, 0.15) is 12.1 Å². The monoisotopic (exact) mass is 478 g/mol. The third-order valence-corrected chi connectivity index (χ3v) is 7.22. The predicted octanol–water partition coefficient (Wildman–Crippen LogP) is 4.99. The van der Waals surface area contributed by atoms with Crippen LogP contribution in [0, 0.1) is 0 Å². The zero-order valence-corrected chi connectivity index (χ0v) is 20.2. The second-order valence-electron chi connectivity index (χ2n) is 9.65. The van der Waals surface area contributed by atoms with E-state index >= 15 is 0 Å². The Morgan fingerprint density at radius 2 is 1.60 bits per heavy atom. The molecule has 2 aromatic rings. The molecule has 7 heteroatoms. The lowest BCUT2D eigenvalue weighted by atomic mass is 9.80. The van der Waals surface area contributed by atoms with Crippen molar-refractivity contribution in [3.8, 4) is 11.1 Å². The zero-order valence-electron chi connectivity index (χ0n) is 20.2.